The molecule has 4 aromatic heterocycles. The van der Waals surface area contributed by atoms with Crippen LogP contribution in [0.25, 0.3) is 45.6 Å². The SMILES string of the molecule is COc1cc(-c2n[nH]c(Cn3nnnc3-c3ccccc3)n2)ccc1OCCCCCCOc1ccc(-c2n[nH]c(Cn3nnnc3-c3ccccc3)n2)cc1OC. The Morgan fingerprint density at radius 3 is 1.38 bits per heavy atom. The number of nitrogens with zero attached hydrogens (tertiary/aromatic N) is 12. The Morgan fingerprint density at radius 1 is 0.500 bits per heavy atom. The maximum Gasteiger partial charge on any atom is 0.182 e. The van der Waals surface area contributed by atoms with Gasteiger partial charge in [0, 0.05) is 22.3 Å². The standard InChI is InChI=1S/C40H40N14O4/c1-55-33-23-29(37-41-35(43-45-37)25-53-39(47-49-51-53)27-13-7-5-8-14-27)17-19-31(33)57-21-11-3-4-12-22-58-32-20-18-30(24-34(32)56-2)38-42-36(44-46-38)26-54-40(48-50-52-54)28-15-9-6-10-16-28/h5-10,13-20,23-24H,3-4,11-12,21-22,25-26H2,1-2H3,(H,41,43,45)(H,42,44,46). The molecule has 0 unspecified atom stereocenters. The molecule has 0 atom stereocenters. The zero-order valence-electron chi connectivity index (χ0n) is 31.9. The minimum atomic E-state index is 0.338. The second-order valence-corrected chi connectivity index (χ2v) is 13.1. The summed E-state index contributed by atoms with van der Waals surface area (Å²) in [7, 11) is 3.23. The topological polar surface area (TPSA) is 207 Å². The summed E-state index contributed by atoms with van der Waals surface area (Å²) in [6.07, 6.45) is 3.74. The summed E-state index contributed by atoms with van der Waals surface area (Å²) in [5, 5.41) is 39.0. The molecule has 18 heteroatoms. The van der Waals surface area contributed by atoms with Crippen molar-refractivity contribution in [2.75, 3.05) is 27.4 Å². The maximum atomic E-state index is 6.09. The van der Waals surface area contributed by atoms with Crippen molar-refractivity contribution in [3.05, 3.63) is 109 Å². The molecule has 0 fully saturated rings. The van der Waals surface area contributed by atoms with Gasteiger partial charge in [0.1, 0.15) is 24.7 Å². The van der Waals surface area contributed by atoms with Crippen molar-refractivity contribution in [2.24, 2.45) is 0 Å². The van der Waals surface area contributed by atoms with Crippen molar-refractivity contribution in [1.82, 2.24) is 70.8 Å². The molecule has 0 bridgehead atoms. The number of aromatic nitrogens is 14. The van der Waals surface area contributed by atoms with Crippen molar-refractivity contribution in [1.29, 1.82) is 0 Å². The zero-order valence-corrected chi connectivity index (χ0v) is 31.9. The summed E-state index contributed by atoms with van der Waals surface area (Å²) in [5.41, 5.74) is 3.41. The van der Waals surface area contributed by atoms with Crippen LogP contribution >= 0.6 is 0 Å². The van der Waals surface area contributed by atoms with E-state index in [1.54, 1.807) is 23.6 Å². The lowest BCUT2D eigenvalue weighted by atomic mass is 10.2. The summed E-state index contributed by atoms with van der Waals surface area (Å²) >= 11 is 0. The van der Waals surface area contributed by atoms with E-state index < -0.39 is 0 Å². The van der Waals surface area contributed by atoms with E-state index in [1.807, 2.05) is 97.1 Å². The van der Waals surface area contributed by atoms with Crippen molar-refractivity contribution >= 4 is 0 Å². The van der Waals surface area contributed by atoms with E-state index in [2.05, 4.69) is 61.4 Å². The molecule has 4 aromatic carbocycles. The van der Waals surface area contributed by atoms with Crippen LogP contribution in [0.2, 0.25) is 0 Å². The summed E-state index contributed by atoms with van der Waals surface area (Å²) < 4.78 is 26.8. The van der Waals surface area contributed by atoms with Gasteiger partial charge in [-0.1, -0.05) is 60.7 Å². The largest absolute Gasteiger partial charge is 0.493 e. The normalized spacial score (nSPS) is 11.1. The van der Waals surface area contributed by atoms with E-state index in [9.17, 15) is 0 Å². The van der Waals surface area contributed by atoms with E-state index in [0.29, 0.717) is 84.2 Å². The van der Waals surface area contributed by atoms with Crippen molar-refractivity contribution in [3.8, 4) is 68.5 Å². The molecule has 58 heavy (non-hydrogen) atoms. The molecule has 8 rings (SSSR count). The van der Waals surface area contributed by atoms with Gasteiger partial charge in [0.15, 0.2) is 46.3 Å². The predicted molar refractivity (Wildman–Crippen MR) is 211 cm³/mol. The number of tetrazole rings is 2. The van der Waals surface area contributed by atoms with E-state index in [0.717, 1.165) is 47.9 Å². The number of ether oxygens (including phenoxy) is 4. The van der Waals surface area contributed by atoms with Crippen LogP contribution in [0.3, 0.4) is 0 Å². The second kappa shape index (κ2) is 18.0. The minimum Gasteiger partial charge on any atom is -0.493 e. The molecular formula is C40H40N14O4. The van der Waals surface area contributed by atoms with Gasteiger partial charge in [0.2, 0.25) is 0 Å². The molecule has 0 saturated heterocycles. The van der Waals surface area contributed by atoms with Gasteiger partial charge in [0.05, 0.1) is 27.4 Å². The Labute approximate surface area is 332 Å². The molecule has 0 saturated carbocycles. The molecule has 0 aliphatic rings. The van der Waals surface area contributed by atoms with Crippen molar-refractivity contribution in [3.63, 3.8) is 0 Å². The molecule has 2 N–H and O–H groups in total. The predicted octanol–water partition coefficient (Wildman–Crippen LogP) is 5.70. The summed E-state index contributed by atoms with van der Waals surface area (Å²) in [6.45, 7) is 1.78. The average molecular weight is 781 g/mol. The van der Waals surface area contributed by atoms with Gasteiger partial charge in [-0.2, -0.15) is 10.2 Å². The van der Waals surface area contributed by atoms with Gasteiger partial charge in [-0.15, -0.1) is 10.2 Å². The first-order valence-electron chi connectivity index (χ1n) is 18.7. The Bertz CT molecular complexity index is 2360. The highest BCUT2D eigenvalue weighted by Crippen LogP contribution is 2.33. The van der Waals surface area contributed by atoms with Gasteiger partial charge in [-0.25, -0.2) is 19.3 Å². The van der Waals surface area contributed by atoms with Crippen molar-refractivity contribution < 1.29 is 18.9 Å². The monoisotopic (exact) mass is 780 g/mol. The van der Waals surface area contributed by atoms with Gasteiger partial charge in [-0.05, 0) is 82.9 Å². The van der Waals surface area contributed by atoms with Gasteiger partial charge >= 0.3 is 0 Å². The Kier molecular flexibility index (Phi) is 11.6. The Hall–Kier alpha value is -7.50. The van der Waals surface area contributed by atoms with Gasteiger partial charge in [0.25, 0.3) is 0 Å². The minimum absolute atomic E-state index is 0.338. The van der Waals surface area contributed by atoms with Crippen LogP contribution < -0.4 is 18.9 Å². The number of unbranched alkanes of at least 4 members (excludes halogenated alkanes) is 3. The lowest BCUT2D eigenvalue weighted by Gasteiger charge is -2.12. The molecule has 0 radical (unpaired) electrons. The van der Waals surface area contributed by atoms with Crippen LogP contribution in [0.15, 0.2) is 97.1 Å². The third-order valence-electron chi connectivity index (χ3n) is 9.19. The summed E-state index contributed by atoms with van der Waals surface area (Å²) in [6, 6.07) is 30.8. The zero-order chi connectivity index (χ0) is 39.5. The number of aromatic amines is 2. The van der Waals surface area contributed by atoms with E-state index in [4.69, 9.17) is 18.9 Å². The highest BCUT2D eigenvalue weighted by molar-refractivity contribution is 5.62. The molecule has 0 spiro atoms. The molecular weight excluding hydrogens is 741 g/mol. The maximum absolute atomic E-state index is 6.09. The van der Waals surface area contributed by atoms with Crippen LogP contribution in [0.4, 0.5) is 0 Å². The molecule has 0 aliphatic heterocycles. The third-order valence-corrected chi connectivity index (χ3v) is 9.19. The quantitative estimate of drug-likeness (QED) is 0.0945. The number of hydrogen-bond donors (Lipinski definition) is 2. The van der Waals surface area contributed by atoms with E-state index >= 15 is 0 Å². The Morgan fingerprint density at radius 2 is 0.948 bits per heavy atom. The van der Waals surface area contributed by atoms with E-state index in [-0.39, 0.29) is 0 Å². The Balaban J connectivity index is 0.769. The van der Waals surface area contributed by atoms with Crippen LogP contribution in [-0.2, 0) is 13.1 Å². The number of methoxy groups -OCH3 is 2. The van der Waals surface area contributed by atoms with Crippen molar-refractivity contribution in [2.45, 2.75) is 38.8 Å². The molecule has 0 amide bonds. The summed E-state index contributed by atoms with van der Waals surface area (Å²) in [5.74, 6) is 6.13. The highest BCUT2D eigenvalue weighted by Gasteiger charge is 2.16. The first kappa shape index (κ1) is 37.4. The van der Waals surface area contributed by atoms with Crippen LogP contribution in [-0.4, -0.2) is 98.2 Å². The second-order valence-electron chi connectivity index (χ2n) is 13.1. The fourth-order valence-corrected chi connectivity index (χ4v) is 6.26. The first-order chi connectivity index (χ1) is 28.6. The number of hydrogen-bond acceptors (Lipinski definition) is 14. The number of benzene rings is 4. The molecule has 0 aliphatic carbocycles. The fourth-order valence-electron chi connectivity index (χ4n) is 6.26. The fraction of sp³-hybridized carbons (Fsp3) is 0.250. The number of nitrogens with one attached hydrogen (secondary N) is 2. The summed E-state index contributed by atoms with van der Waals surface area (Å²) in [4.78, 5) is 9.33. The van der Waals surface area contributed by atoms with Crippen LogP contribution in [0.5, 0.6) is 23.0 Å². The lowest BCUT2D eigenvalue weighted by Crippen LogP contribution is -2.06. The highest BCUT2D eigenvalue weighted by atomic mass is 16.5. The molecule has 294 valence electrons. The first-order valence-corrected chi connectivity index (χ1v) is 18.7. The number of rotatable bonds is 19. The lowest BCUT2D eigenvalue weighted by molar-refractivity contribution is 0.271. The number of H-pyrrole nitrogens is 2. The smallest absolute Gasteiger partial charge is 0.182 e. The molecule has 8 aromatic rings. The van der Waals surface area contributed by atoms with Crippen LogP contribution in [0.1, 0.15) is 37.3 Å². The molecule has 4 heterocycles. The molecule has 18 nitrogen and oxygen atoms in total. The third kappa shape index (κ3) is 8.80. The van der Waals surface area contributed by atoms with Gasteiger partial charge < -0.3 is 18.9 Å². The van der Waals surface area contributed by atoms with Gasteiger partial charge in [-0.3, -0.25) is 10.2 Å². The van der Waals surface area contributed by atoms with E-state index in [1.165, 1.54) is 0 Å². The average Bonchev–Trinajstić information content (AvgIpc) is 4.12. The van der Waals surface area contributed by atoms with Crippen LogP contribution in [0, 0.1) is 0 Å².